The minimum absolute atomic E-state index is 0.177. The zero-order chi connectivity index (χ0) is 17.7. The zero-order valence-electron chi connectivity index (χ0n) is 13.8. The lowest BCUT2D eigenvalue weighted by Gasteiger charge is -2.21. The highest BCUT2D eigenvalue weighted by molar-refractivity contribution is 7.90. The van der Waals surface area contributed by atoms with Gasteiger partial charge >= 0.3 is 0 Å². The Morgan fingerprint density at radius 3 is 2.29 bits per heavy atom. The Morgan fingerprint density at radius 2 is 1.71 bits per heavy atom. The Bertz CT molecular complexity index is 802. The lowest BCUT2D eigenvalue weighted by atomic mass is 9.98. The van der Waals surface area contributed by atoms with Gasteiger partial charge in [0.05, 0.1) is 10.9 Å². The van der Waals surface area contributed by atoms with Gasteiger partial charge in [-0.05, 0) is 30.2 Å². The van der Waals surface area contributed by atoms with E-state index in [1.54, 1.807) is 31.2 Å². The highest BCUT2D eigenvalue weighted by Crippen LogP contribution is 2.24. The van der Waals surface area contributed by atoms with Crippen LogP contribution in [0, 0.1) is 0 Å². The van der Waals surface area contributed by atoms with Crippen molar-refractivity contribution in [2.45, 2.75) is 30.3 Å². The summed E-state index contributed by atoms with van der Waals surface area (Å²) in [4.78, 5) is 12.4. The van der Waals surface area contributed by atoms with Crippen molar-refractivity contribution in [3.8, 4) is 0 Å². The fourth-order valence-corrected chi connectivity index (χ4v) is 3.12. The number of rotatable bonds is 6. The van der Waals surface area contributed by atoms with Crippen molar-refractivity contribution in [2.75, 3.05) is 6.26 Å². The maximum Gasteiger partial charge on any atom is 0.222 e. The smallest absolute Gasteiger partial charge is 0.222 e. The Balaban J connectivity index is 2.41. The second-order valence-corrected chi connectivity index (χ2v) is 7.95. The van der Waals surface area contributed by atoms with E-state index in [0.29, 0.717) is 5.56 Å². The van der Waals surface area contributed by atoms with Crippen molar-refractivity contribution in [2.24, 2.45) is 5.73 Å². The van der Waals surface area contributed by atoms with E-state index in [9.17, 15) is 13.2 Å². The van der Waals surface area contributed by atoms with Gasteiger partial charge in [-0.25, -0.2) is 8.42 Å². The van der Waals surface area contributed by atoms with Crippen LogP contribution in [-0.2, 0) is 14.6 Å². The number of benzene rings is 2. The van der Waals surface area contributed by atoms with Crippen LogP contribution in [0.1, 0.15) is 30.5 Å². The molecule has 0 saturated heterocycles. The van der Waals surface area contributed by atoms with Crippen LogP contribution in [-0.4, -0.2) is 26.6 Å². The van der Waals surface area contributed by atoms with Gasteiger partial charge in [-0.3, -0.25) is 4.79 Å². The second kappa shape index (κ2) is 7.59. The SMILES string of the molecule is CC(N)CC(=O)NC(c1ccccc1)c1cccc(S(C)(=O)=O)c1. The molecule has 1 amide bonds. The topological polar surface area (TPSA) is 89.3 Å². The maximum absolute atomic E-state index is 12.2. The first-order chi connectivity index (χ1) is 11.3. The summed E-state index contributed by atoms with van der Waals surface area (Å²) in [6.45, 7) is 1.77. The quantitative estimate of drug-likeness (QED) is 0.837. The molecule has 128 valence electrons. The third-order valence-electron chi connectivity index (χ3n) is 3.57. The van der Waals surface area contributed by atoms with Gasteiger partial charge in [0.2, 0.25) is 5.91 Å². The molecule has 0 aromatic heterocycles. The Hall–Kier alpha value is -2.18. The van der Waals surface area contributed by atoms with E-state index in [-0.39, 0.29) is 23.3 Å². The highest BCUT2D eigenvalue weighted by Gasteiger charge is 2.19. The van der Waals surface area contributed by atoms with Crippen LogP contribution in [0.3, 0.4) is 0 Å². The Kier molecular flexibility index (Phi) is 5.75. The molecule has 2 aromatic carbocycles. The van der Waals surface area contributed by atoms with Crippen LogP contribution in [0.5, 0.6) is 0 Å². The first-order valence-electron chi connectivity index (χ1n) is 7.67. The predicted molar refractivity (Wildman–Crippen MR) is 94.2 cm³/mol. The number of carbonyl (C=O) groups is 1. The zero-order valence-corrected chi connectivity index (χ0v) is 14.6. The number of nitrogens with one attached hydrogen (secondary N) is 1. The molecule has 2 aromatic rings. The molecule has 3 N–H and O–H groups in total. The van der Waals surface area contributed by atoms with Crippen LogP contribution < -0.4 is 11.1 Å². The molecule has 2 unspecified atom stereocenters. The average Bonchev–Trinajstić information content (AvgIpc) is 2.52. The summed E-state index contributed by atoms with van der Waals surface area (Å²) in [5.74, 6) is -0.177. The van der Waals surface area contributed by atoms with Gasteiger partial charge in [0, 0.05) is 18.7 Å². The van der Waals surface area contributed by atoms with E-state index < -0.39 is 15.9 Å². The normalized spacial score (nSPS) is 14.0. The van der Waals surface area contributed by atoms with E-state index in [1.807, 2.05) is 30.3 Å². The number of hydrogen-bond donors (Lipinski definition) is 2. The van der Waals surface area contributed by atoms with Crippen molar-refractivity contribution in [3.05, 3.63) is 65.7 Å². The molecule has 5 nitrogen and oxygen atoms in total. The first-order valence-corrected chi connectivity index (χ1v) is 9.56. The maximum atomic E-state index is 12.2. The van der Waals surface area contributed by atoms with Gasteiger partial charge < -0.3 is 11.1 Å². The lowest BCUT2D eigenvalue weighted by Crippen LogP contribution is -2.33. The summed E-state index contributed by atoms with van der Waals surface area (Å²) < 4.78 is 23.6. The summed E-state index contributed by atoms with van der Waals surface area (Å²) in [7, 11) is -3.32. The van der Waals surface area contributed by atoms with Gasteiger partial charge in [0.25, 0.3) is 0 Å². The number of carbonyl (C=O) groups excluding carboxylic acids is 1. The first kappa shape index (κ1) is 18.2. The molecule has 0 spiro atoms. The van der Waals surface area contributed by atoms with Crippen molar-refractivity contribution in [1.82, 2.24) is 5.32 Å². The Labute approximate surface area is 142 Å². The second-order valence-electron chi connectivity index (χ2n) is 5.94. The van der Waals surface area contributed by atoms with E-state index in [4.69, 9.17) is 5.73 Å². The molecule has 2 rings (SSSR count). The predicted octanol–water partition coefficient (Wildman–Crippen LogP) is 2.03. The monoisotopic (exact) mass is 346 g/mol. The summed E-state index contributed by atoms with van der Waals surface area (Å²) in [6, 6.07) is 15.4. The number of nitrogens with two attached hydrogens (primary N) is 1. The standard InChI is InChI=1S/C18H22N2O3S/c1-13(19)11-17(21)20-18(14-7-4-3-5-8-14)15-9-6-10-16(12-15)24(2,22)23/h3-10,12-13,18H,11,19H2,1-2H3,(H,20,21). The fourth-order valence-electron chi connectivity index (χ4n) is 2.44. The van der Waals surface area contributed by atoms with Crippen molar-refractivity contribution in [1.29, 1.82) is 0 Å². The molecule has 2 atom stereocenters. The molecule has 0 bridgehead atoms. The van der Waals surface area contributed by atoms with Gasteiger partial charge in [-0.2, -0.15) is 0 Å². The number of hydrogen-bond acceptors (Lipinski definition) is 4. The van der Waals surface area contributed by atoms with Crippen molar-refractivity contribution in [3.63, 3.8) is 0 Å². The summed E-state index contributed by atoms with van der Waals surface area (Å²) >= 11 is 0. The van der Waals surface area contributed by atoms with Gasteiger partial charge in [0.1, 0.15) is 0 Å². The molecule has 0 saturated carbocycles. The van der Waals surface area contributed by atoms with Crippen molar-refractivity contribution < 1.29 is 13.2 Å². The molecule has 0 radical (unpaired) electrons. The van der Waals surface area contributed by atoms with Crippen LogP contribution in [0.15, 0.2) is 59.5 Å². The minimum atomic E-state index is -3.32. The molecule has 0 fully saturated rings. The fraction of sp³-hybridized carbons (Fsp3) is 0.278. The van der Waals surface area contributed by atoms with Crippen LogP contribution in [0.2, 0.25) is 0 Å². The van der Waals surface area contributed by atoms with Crippen LogP contribution >= 0.6 is 0 Å². The molecule has 0 heterocycles. The summed E-state index contributed by atoms with van der Waals surface area (Å²) in [5.41, 5.74) is 7.27. The molecule has 0 aliphatic carbocycles. The lowest BCUT2D eigenvalue weighted by molar-refractivity contribution is -0.121. The highest BCUT2D eigenvalue weighted by atomic mass is 32.2. The van der Waals surface area contributed by atoms with Gasteiger partial charge in [-0.15, -0.1) is 0 Å². The molecule has 6 heteroatoms. The number of sulfone groups is 1. The van der Waals surface area contributed by atoms with E-state index in [2.05, 4.69) is 5.32 Å². The van der Waals surface area contributed by atoms with E-state index in [1.165, 1.54) is 6.26 Å². The molecule has 24 heavy (non-hydrogen) atoms. The van der Waals surface area contributed by atoms with E-state index in [0.717, 1.165) is 5.56 Å². The van der Waals surface area contributed by atoms with Crippen LogP contribution in [0.25, 0.3) is 0 Å². The number of amides is 1. The van der Waals surface area contributed by atoms with E-state index >= 15 is 0 Å². The Morgan fingerprint density at radius 1 is 1.08 bits per heavy atom. The third kappa shape index (κ3) is 4.91. The van der Waals surface area contributed by atoms with Crippen LogP contribution in [0.4, 0.5) is 0 Å². The summed E-state index contributed by atoms with van der Waals surface area (Å²) in [6.07, 6.45) is 1.37. The third-order valence-corrected chi connectivity index (χ3v) is 4.68. The summed E-state index contributed by atoms with van der Waals surface area (Å²) in [5, 5.41) is 2.95. The average molecular weight is 346 g/mol. The largest absolute Gasteiger partial charge is 0.345 e. The molecular weight excluding hydrogens is 324 g/mol. The molecular formula is C18H22N2O3S. The van der Waals surface area contributed by atoms with Gasteiger partial charge in [0.15, 0.2) is 9.84 Å². The minimum Gasteiger partial charge on any atom is -0.345 e. The van der Waals surface area contributed by atoms with Gasteiger partial charge in [-0.1, -0.05) is 42.5 Å². The molecule has 0 aliphatic rings. The molecule has 0 aliphatic heterocycles. The van der Waals surface area contributed by atoms with Crippen molar-refractivity contribution >= 4 is 15.7 Å².